The van der Waals surface area contributed by atoms with Gasteiger partial charge in [0, 0.05) is 31.6 Å². The van der Waals surface area contributed by atoms with Crippen molar-refractivity contribution in [2.75, 3.05) is 33.8 Å². The smallest absolute Gasteiger partial charge is 0.223 e. The Balaban J connectivity index is 1.67. The Morgan fingerprint density at radius 3 is 2.65 bits per heavy atom. The highest BCUT2D eigenvalue weighted by Gasteiger charge is 2.29. The lowest BCUT2D eigenvalue weighted by Gasteiger charge is -2.40. The lowest BCUT2D eigenvalue weighted by molar-refractivity contribution is -0.134. The van der Waals surface area contributed by atoms with E-state index in [0.717, 1.165) is 17.9 Å². The van der Waals surface area contributed by atoms with Gasteiger partial charge in [-0.2, -0.15) is 0 Å². The standard InChI is InChI=1S/C21H25FN2O2/c1-23-13-14-24(15-19(23)17-8-4-6-10-20(17)26-2)21(25)12-11-16-7-3-5-9-18(16)22/h3-10,19H,11-15H2,1-2H3. The number of likely N-dealkylation sites (N-methyl/N-ethyl adjacent to an activating group) is 1. The molecule has 5 heteroatoms. The van der Waals surface area contributed by atoms with E-state index in [1.165, 1.54) is 6.07 Å². The molecule has 26 heavy (non-hydrogen) atoms. The van der Waals surface area contributed by atoms with Gasteiger partial charge in [0.15, 0.2) is 0 Å². The van der Waals surface area contributed by atoms with Crippen molar-refractivity contribution in [2.45, 2.75) is 18.9 Å². The second kappa shape index (κ2) is 8.32. The van der Waals surface area contributed by atoms with Gasteiger partial charge in [-0.05, 0) is 31.2 Å². The summed E-state index contributed by atoms with van der Waals surface area (Å²) in [6, 6.07) is 14.7. The number of amides is 1. The predicted molar refractivity (Wildman–Crippen MR) is 99.7 cm³/mol. The number of rotatable bonds is 5. The fourth-order valence-electron chi connectivity index (χ4n) is 3.48. The van der Waals surface area contributed by atoms with Gasteiger partial charge in [-0.25, -0.2) is 4.39 Å². The Morgan fingerprint density at radius 1 is 1.15 bits per heavy atom. The van der Waals surface area contributed by atoms with Crippen LogP contribution in [0.1, 0.15) is 23.6 Å². The maximum Gasteiger partial charge on any atom is 0.223 e. The fraction of sp³-hybridized carbons (Fsp3) is 0.381. The van der Waals surface area contributed by atoms with Gasteiger partial charge in [0.25, 0.3) is 0 Å². The van der Waals surface area contributed by atoms with E-state index in [-0.39, 0.29) is 17.8 Å². The first kappa shape index (κ1) is 18.4. The van der Waals surface area contributed by atoms with Crippen LogP contribution in [0.25, 0.3) is 0 Å². The third-order valence-electron chi connectivity index (χ3n) is 5.06. The Hall–Kier alpha value is -2.40. The number of carbonyl (C=O) groups is 1. The second-order valence-corrected chi connectivity index (χ2v) is 6.67. The summed E-state index contributed by atoms with van der Waals surface area (Å²) in [4.78, 5) is 16.8. The Bertz CT molecular complexity index is 765. The largest absolute Gasteiger partial charge is 0.496 e. The van der Waals surface area contributed by atoms with Gasteiger partial charge in [-0.15, -0.1) is 0 Å². The molecule has 0 aromatic heterocycles. The molecule has 1 aliphatic rings. The number of aryl methyl sites for hydroxylation is 1. The molecule has 3 rings (SSSR count). The zero-order valence-corrected chi connectivity index (χ0v) is 15.3. The van der Waals surface area contributed by atoms with E-state index in [4.69, 9.17) is 4.74 Å². The quantitative estimate of drug-likeness (QED) is 0.824. The molecule has 0 spiro atoms. The van der Waals surface area contributed by atoms with Crippen LogP contribution in [0, 0.1) is 5.82 Å². The summed E-state index contributed by atoms with van der Waals surface area (Å²) in [6.45, 7) is 2.11. The highest BCUT2D eigenvalue weighted by Crippen LogP contribution is 2.31. The topological polar surface area (TPSA) is 32.8 Å². The molecule has 0 N–H and O–H groups in total. The van der Waals surface area contributed by atoms with E-state index in [1.54, 1.807) is 25.3 Å². The maximum absolute atomic E-state index is 13.8. The zero-order valence-electron chi connectivity index (χ0n) is 15.3. The van der Waals surface area contributed by atoms with Gasteiger partial charge in [-0.1, -0.05) is 36.4 Å². The minimum absolute atomic E-state index is 0.0706. The molecule has 1 unspecified atom stereocenters. The number of ether oxygens (including phenoxy) is 1. The summed E-state index contributed by atoms with van der Waals surface area (Å²) >= 11 is 0. The molecule has 0 bridgehead atoms. The van der Waals surface area contributed by atoms with Crippen LogP contribution in [-0.2, 0) is 11.2 Å². The third kappa shape index (κ3) is 4.05. The van der Waals surface area contributed by atoms with Crippen LogP contribution in [0.5, 0.6) is 5.75 Å². The molecule has 0 radical (unpaired) electrons. The van der Waals surface area contributed by atoms with Crippen LogP contribution in [0.3, 0.4) is 0 Å². The molecule has 4 nitrogen and oxygen atoms in total. The highest BCUT2D eigenvalue weighted by atomic mass is 19.1. The van der Waals surface area contributed by atoms with Crippen molar-refractivity contribution >= 4 is 5.91 Å². The average Bonchev–Trinajstić information content (AvgIpc) is 2.67. The summed E-state index contributed by atoms with van der Waals surface area (Å²) in [6.07, 6.45) is 0.750. The van der Waals surface area contributed by atoms with Crippen molar-refractivity contribution < 1.29 is 13.9 Å². The van der Waals surface area contributed by atoms with Crippen molar-refractivity contribution in [3.05, 3.63) is 65.5 Å². The minimum atomic E-state index is -0.245. The number of para-hydroxylation sites is 1. The molecular weight excluding hydrogens is 331 g/mol. The first-order valence-electron chi connectivity index (χ1n) is 8.94. The van der Waals surface area contributed by atoms with E-state index in [1.807, 2.05) is 29.2 Å². The summed E-state index contributed by atoms with van der Waals surface area (Å²) < 4.78 is 19.2. The van der Waals surface area contributed by atoms with E-state index in [9.17, 15) is 9.18 Å². The number of benzene rings is 2. The molecule has 0 saturated carbocycles. The molecule has 1 fully saturated rings. The van der Waals surface area contributed by atoms with E-state index < -0.39 is 0 Å². The number of methoxy groups -OCH3 is 1. The summed E-state index contributed by atoms with van der Waals surface area (Å²) in [5, 5.41) is 0. The summed E-state index contributed by atoms with van der Waals surface area (Å²) in [5.41, 5.74) is 1.68. The zero-order chi connectivity index (χ0) is 18.5. The van der Waals surface area contributed by atoms with Gasteiger partial charge in [0.05, 0.1) is 13.2 Å². The molecule has 2 aromatic carbocycles. The van der Waals surface area contributed by atoms with Gasteiger partial charge < -0.3 is 9.64 Å². The normalized spacial score (nSPS) is 18.0. The number of hydrogen-bond acceptors (Lipinski definition) is 3. The van der Waals surface area contributed by atoms with E-state index in [2.05, 4.69) is 11.9 Å². The molecule has 2 aromatic rings. The third-order valence-corrected chi connectivity index (χ3v) is 5.06. The lowest BCUT2D eigenvalue weighted by Crippen LogP contribution is -2.49. The SMILES string of the molecule is COc1ccccc1C1CN(C(=O)CCc2ccccc2F)CCN1C. The number of hydrogen-bond donors (Lipinski definition) is 0. The van der Waals surface area contributed by atoms with Crippen molar-refractivity contribution in [3.63, 3.8) is 0 Å². The maximum atomic E-state index is 13.8. The number of nitrogens with zero attached hydrogens (tertiary/aromatic N) is 2. The van der Waals surface area contributed by atoms with Crippen LogP contribution in [0.15, 0.2) is 48.5 Å². The van der Waals surface area contributed by atoms with Crippen molar-refractivity contribution in [3.8, 4) is 5.75 Å². The molecular formula is C21H25FN2O2. The molecule has 138 valence electrons. The Kier molecular flexibility index (Phi) is 5.89. The number of halogens is 1. The summed E-state index contributed by atoms with van der Waals surface area (Å²) in [5.74, 6) is 0.664. The van der Waals surface area contributed by atoms with Gasteiger partial charge in [0.2, 0.25) is 5.91 Å². The first-order valence-corrected chi connectivity index (χ1v) is 8.94. The second-order valence-electron chi connectivity index (χ2n) is 6.67. The van der Waals surface area contributed by atoms with Crippen molar-refractivity contribution in [1.29, 1.82) is 0 Å². The minimum Gasteiger partial charge on any atom is -0.496 e. The molecule has 1 saturated heterocycles. The van der Waals surface area contributed by atoms with Crippen molar-refractivity contribution in [1.82, 2.24) is 9.80 Å². The van der Waals surface area contributed by atoms with Crippen LogP contribution in [-0.4, -0.2) is 49.5 Å². The van der Waals surface area contributed by atoms with E-state index >= 15 is 0 Å². The molecule has 1 atom stereocenters. The monoisotopic (exact) mass is 356 g/mol. The molecule has 1 heterocycles. The van der Waals surface area contributed by atoms with Crippen molar-refractivity contribution in [2.24, 2.45) is 0 Å². The average molecular weight is 356 g/mol. The summed E-state index contributed by atoms with van der Waals surface area (Å²) in [7, 11) is 3.73. The van der Waals surface area contributed by atoms with Crippen LogP contribution >= 0.6 is 0 Å². The van der Waals surface area contributed by atoms with Gasteiger partial charge in [-0.3, -0.25) is 9.69 Å². The number of carbonyl (C=O) groups excluding carboxylic acids is 1. The molecule has 1 aliphatic heterocycles. The molecule has 0 aliphatic carbocycles. The Labute approximate surface area is 154 Å². The lowest BCUT2D eigenvalue weighted by atomic mass is 10.0. The van der Waals surface area contributed by atoms with Crippen LogP contribution < -0.4 is 4.74 Å². The predicted octanol–water partition coefficient (Wildman–Crippen LogP) is 3.28. The number of piperazine rings is 1. The molecule has 1 amide bonds. The first-order chi connectivity index (χ1) is 12.6. The van der Waals surface area contributed by atoms with Crippen LogP contribution in [0.4, 0.5) is 4.39 Å². The van der Waals surface area contributed by atoms with Gasteiger partial charge in [0.1, 0.15) is 11.6 Å². The highest BCUT2D eigenvalue weighted by molar-refractivity contribution is 5.76. The fourth-order valence-corrected chi connectivity index (χ4v) is 3.48. The van der Waals surface area contributed by atoms with Gasteiger partial charge >= 0.3 is 0 Å². The van der Waals surface area contributed by atoms with E-state index in [0.29, 0.717) is 31.5 Å². The Morgan fingerprint density at radius 2 is 1.88 bits per heavy atom. The van der Waals surface area contributed by atoms with Crippen LogP contribution in [0.2, 0.25) is 0 Å².